The van der Waals surface area contributed by atoms with Gasteiger partial charge in [-0.1, -0.05) is 17.8 Å². The highest BCUT2D eigenvalue weighted by Crippen LogP contribution is 2.37. The fraction of sp³-hybridized carbons (Fsp3) is 0.375. The zero-order valence-electron chi connectivity index (χ0n) is 19.6. The van der Waals surface area contributed by atoms with Crippen molar-refractivity contribution in [3.05, 3.63) is 42.7 Å². The van der Waals surface area contributed by atoms with Crippen LogP contribution in [-0.4, -0.2) is 90.5 Å². The van der Waals surface area contributed by atoms with Gasteiger partial charge in [0.15, 0.2) is 11.5 Å². The molecule has 0 spiro atoms. The number of primary amides is 1. The number of fused-ring (bicyclic) bond motifs is 1. The lowest BCUT2D eigenvalue weighted by Crippen LogP contribution is -2.48. The Kier molecular flexibility index (Phi) is 8.59. The average Bonchev–Trinajstić information content (AvgIpc) is 2.85. The lowest BCUT2D eigenvalue weighted by molar-refractivity contribution is 0.101. The number of carbonyl (C=O) groups is 1. The van der Waals surface area contributed by atoms with Crippen molar-refractivity contribution in [2.45, 2.75) is 9.92 Å². The van der Waals surface area contributed by atoms with Crippen LogP contribution in [0.5, 0.6) is 11.5 Å². The van der Waals surface area contributed by atoms with Crippen molar-refractivity contribution in [1.29, 1.82) is 0 Å². The number of nitrogens with one attached hydrogen (secondary N) is 1. The molecular formula is C24H30N6O4S. The fourth-order valence-corrected chi connectivity index (χ4v) is 4.88. The highest BCUT2D eigenvalue weighted by Gasteiger charge is 2.17. The average molecular weight is 499 g/mol. The van der Waals surface area contributed by atoms with Crippen LogP contribution in [0.15, 0.2) is 52.6 Å². The minimum atomic E-state index is -0.611. The number of benzene rings is 2. The van der Waals surface area contributed by atoms with E-state index >= 15 is 0 Å². The van der Waals surface area contributed by atoms with Crippen LogP contribution < -0.4 is 20.5 Å². The number of aromatic nitrogens is 2. The number of β-amino-alcohol motifs (C(OH)–C–C–N with tert-alkyl or cyclic N) is 1. The van der Waals surface area contributed by atoms with E-state index < -0.39 is 6.03 Å². The second kappa shape index (κ2) is 12.0. The predicted octanol–water partition coefficient (Wildman–Crippen LogP) is 2.27. The predicted molar refractivity (Wildman–Crippen MR) is 135 cm³/mol. The number of nitrogens with zero attached hydrogens (tertiary/aromatic N) is 4. The maximum Gasteiger partial charge on any atom is 0.316 e. The molecule has 0 bridgehead atoms. The summed E-state index contributed by atoms with van der Waals surface area (Å²) in [6.07, 6.45) is 1.52. The summed E-state index contributed by atoms with van der Waals surface area (Å²) in [5.41, 5.74) is 6.60. The summed E-state index contributed by atoms with van der Waals surface area (Å²) in [5.74, 6) is 1.26. The van der Waals surface area contributed by atoms with E-state index in [9.17, 15) is 4.79 Å². The molecule has 11 heteroatoms. The van der Waals surface area contributed by atoms with E-state index in [1.165, 1.54) is 18.1 Å². The number of aliphatic hydroxyl groups excluding tert-OH is 1. The molecule has 1 aliphatic heterocycles. The van der Waals surface area contributed by atoms with Crippen LogP contribution in [-0.2, 0) is 0 Å². The standard InChI is InChI=1S/C24H30N6O4S/c1-33-21-15-20-19(14-22(21)34-12-10-30-7-5-29(6-8-30)9-11-31)23(27-16-26-20)35-18-4-2-3-17(13-18)28-24(25)32/h2-4,13-16,31H,5-12H2,1H3,(H3,25,28,32). The molecule has 186 valence electrons. The summed E-state index contributed by atoms with van der Waals surface area (Å²) in [4.78, 5) is 25.6. The van der Waals surface area contributed by atoms with Gasteiger partial charge in [0.2, 0.25) is 0 Å². The second-order valence-electron chi connectivity index (χ2n) is 8.07. The first-order valence-corrected chi connectivity index (χ1v) is 12.2. The normalized spacial score (nSPS) is 14.7. The third-order valence-corrected chi connectivity index (χ3v) is 6.75. The first kappa shape index (κ1) is 25.0. The van der Waals surface area contributed by atoms with Gasteiger partial charge >= 0.3 is 6.03 Å². The van der Waals surface area contributed by atoms with Gasteiger partial charge in [-0.3, -0.25) is 9.80 Å². The van der Waals surface area contributed by atoms with E-state index in [4.69, 9.17) is 20.3 Å². The molecule has 35 heavy (non-hydrogen) atoms. The Hall–Kier alpha value is -3.12. The zero-order chi connectivity index (χ0) is 24.6. The van der Waals surface area contributed by atoms with Gasteiger partial charge in [0.25, 0.3) is 0 Å². The summed E-state index contributed by atoms with van der Waals surface area (Å²) in [7, 11) is 1.61. The van der Waals surface area contributed by atoms with Crippen molar-refractivity contribution in [2.75, 3.05) is 64.9 Å². The summed E-state index contributed by atoms with van der Waals surface area (Å²) in [6, 6.07) is 10.6. The smallest absolute Gasteiger partial charge is 0.316 e. The number of piperazine rings is 1. The molecular weight excluding hydrogens is 468 g/mol. The molecule has 2 amide bonds. The number of methoxy groups -OCH3 is 1. The molecule has 0 aliphatic carbocycles. The first-order chi connectivity index (χ1) is 17.1. The number of carbonyl (C=O) groups excluding carboxylic acids is 1. The highest BCUT2D eigenvalue weighted by molar-refractivity contribution is 7.99. The number of ether oxygens (including phenoxy) is 2. The number of amides is 2. The number of rotatable bonds is 10. The molecule has 1 saturated heterocycles. The number of hydrogen-bond acceptors (Lipinski definition) is 9. The molecule has 4 rings (SSSR count). The minimum absolute atomic E-state index is 0.199. The van der Waals surface area contributed by atoms with E-state index in [0.717, 1.165) is 60.1 Å². The molecule has 1 aliphatic rings. The third-order valence-electron chi connectivity index (χ3n) is 5.75. The maximum absolute atomic E-state index is 11.2. The molecule has 0 unspecified atom stereocenters. The topological polar surface area (TPSA) is 126 Å². The molecule has 3 aromatic rings. The monoisotopic (exact) mass is 498 g/mol. The van der Waals surface area contributed by atoms with E-state index in [0.29, 0.717) is 23.8 Å². The van der Waals surface area contributed by atoms with Gasteiger partial charge in [0, 0.05) is 61.3 Å². The lowest BCUT2D eigenvalue weighted by atomic mass is 10.2. The lowest BCUT2D eigenvalue weighted by Gasteiger charge is -2.34. The Balaban J connectivity index is 1.47. The molecule has 1 fully saturated rings. The van der Waals surface area contributed by atoms with Crippen LogP contribution in [0.2, 0.25) is 0 Å². The van der Waals surface area contributed by atoms with E-state index in [1.54, 1.807) is 13.2 Å². The molecule has 0 atom stereocenters. The number of anilines is 1. The van der Waals surface area contributed by atoms with Gasteiger partial charge < -0.3 is 25.6 Å². The van der Waals surface area contributed by atoms with Gasteiger partial charge in [-0.25, -0.2) is 14.8 Å². The Labute approximate surface area is 208 Å². The van der Waals surface area contributed by atoms with Gasteiger partial charge in [-0.15, -0.1) is 0 Å². The quantitative estimate of drug-likeness (QED) is 0.361. The molecule has 2 aromatic carbocycles. The van der Waals surface area contributed by atoms with Crippen molar-refractivity contribution in [3.63, 3.8) is 0 Å². The highest BCUT2D eigenvalue weighted by atomic mass is 32.2. The molecule has 0 saturated carbocycles. The Morgan fingerprint density at radius 2 is 1.89 bits per heavy atom. The van der Waals surface area contributed by atoms with Gasteiger partial charge in [0.1, 0.15) is 18.0 Å². The van der Waals surface area contributed by atoms with Crippen LogP contribution >= 0.6 is 11.8 Å². The van der Waals surface area contributed by atoms with Gasteiger partial charge in [-0.05, 0) is 24.3 Å². The number of urea groups is 1. The van der Waals surface area contributed by atoms with Crippen molar-refractivity contribution >= 4 is 34.4 Å². The van der Waals surface area contributed by atoms with Crippen LogP contribution in [0, 0.1) is 0 Å². The van der Waals surface area contributed by atoms with Crippen LogP contribution in [0.1, 0.15) is 0 Å². The van der Waals surface area contributed by atoms with Gasteiger partial charge in [0.05, 0.1) is 19.2 Å². The minimum Gasteiger partial charge on any atom is -0.493 e. The number of hydrogen-bond donors (Lipinski definition) is 3. The SMILES string of the molecule is COc1cc2ncnc(Sc3cccc(NC(N)=O)c3)c2cc1OCCN1CCN(CCO)CC1. The van der Waals surface area contributed by atoms with Crippen LogP contribution in [0.25, 0.3) is 10.9 Å². The van der Waals surface area contributed by atoms with Crippen molar-refractivity contribution < 1.29 is 19.4 Å². The van der Waals surface area contributed by atoms with Crippen molar-refractivity contribution in [3.8, 4) is 11.5 Å². The Bertz CT molecular complexity index is 1160. The Morgan fingerprint density at radius 1 is 1.11 bits per heavy atom. The molecule has 1 aromatic heterocycles. The van der Waals surface area contributed by atoms with E-state index in [2.05, 4.69) is 25.1 Å². The summed E-state index contributed by atoms with van der Waals surface area (Å²) in [5, 5.41) is 13.3. The van der Waals surface area contributed by atoms with Crippen LogP contribution in [0.4, 0.5) is 10.5 Å². The largest absolute Gasteiger partial charge is 0.493 e. The van der Waals surface area contributed by atoms with Crippen molar-refractivity contribution in [1.82, 2.24) is 19.8 Å². The molecule has 0 radical (unpaired) electrons. The summed E-state index contributed by atoms with van der Waals surface area (Å²) >= 11 is 1.46. The van der Waals surface area contributed by atoms with E-state index in [-0.39, 0.29) is 6.61 Å². The third kappa shape index (κ3) is 6.73. The molecule has 4 N–H and O–H groups in total. The van der Waals surface area contributed by atoms with Crippen LogP contribution in [0.3, 0.4) is 0 Å². The maximum atomic E-state index is 11.2. The summed E-state index contributed by atoms with van der Waals surface area (Å²) in [6.45, 7) is 6.08. The fourth-order valence-electron chi connectivity index (χ4n) is 3.95. The first-order valence-electron chi connectivity index (χ1n) is 11.4. The number of nitrogens with two attached hydrogens (primary N) is 1. The van der Waals surface area contributed by atoms with Gasteiger partial charge in [-0.2, -0.15) is 0 Å². The molecule has 2 heterocycles. The number of aliphatic hydroxyl groups is 1. The zero-order valence-corrected chi connectivity index (χ0v) is 20.5. The Morgan fingerprint density at radius 3 is 2.60 bits per heavy atom. The summed E-state index contributed by atoms with van der Waals surface area (Å²) < 4.78 is 11.7. The van der Waals surface area contributed by atoms with E-state index in [1.807, 2.05) is 30.3 Å². The molecule has 10 nitrogen and oxygen atoms in total. The van der Waals surface area contributed by atoms with Crippen molar-refractivity contribution in [2.24, 2.45) is 5.73 Å². The second-order valence-corrected chi connectivity index (χ2v) is 9.14.